The molecule has 2 amide bonds. The molecule has 7 rings (SSSR count). The molecule has 5 heterocycles. The number of anilines is 1. The number of fused-ring (bicyclic) bond motifs is 1. The normalized spacial score (nSPS) is 18.0. The summed E-state index contributed by atoms with van der Waals surface area (Å²) in [5, 5.41) is 3.35. The largest absolute Gasteiger partial charge is 0.344 e. The number of imidazole rings is 1. The number of aromatic nitrogens is 4. The number of amides is 2. The molecular weight excluding hydrogens is 526 g/mol. The van der Waals surface area contributed by atoms with Crippen LogP contribution in [0, 0.1) is 5.41 Å². The number of aromatic amines is 1. The third-order valence-electron chi connectivity index (χ3n) is 8.71. The van der Waals surface area contributed by atoms with E-state index in [0.717, 1.165) is 48.8 Å². The highest BCUT2D eigenvalue weighted by molar-refractivity contribution is 5.94. The van der Waals surface area contributed by atoms with Gasteiger partial charge in [-0.05, 0) is 80.0 Å². The summed E-state index contributed by atoms with van der Waals surface area (Å²) in [6.45, 7) is 2.71. The number of carbonyl (C=O) groups excluding carboxylic acids is 2. The first-order valence-electron chi connectivity index (χ1n) is 14.7. The van der Waals surface area contributed by atoms with E-state index in [4.69, 9.17) is 0 Å². The average Bonchev–Trinajstić information content (AvgIpc) is 3.66. The lowest BCUT2D eigenvalue weighted by Crippen LogP contribution is -2.45. The van der Waals surface area contributed by atoms with Crippen LogP contribution in [-0.2, 0) is 0 Å². The lowest BCUT2D eigenvalue weighted by Gasteiger charge is -2.39. The second-order valence-corrected chi connectivity index (χ2v) is 11.5. The zero-order valence-corrected chi connectivity index (χ0v) is 23.4. The van der Waals surface area contributed by atoms with Gasteiger partial charge in [-0.3, -0.25) is 9.59 Å². The van der Waals surface area contributed by atoms with Crippen molar-refractivity contribution in [2.45, 2.75) is 32.1 Å². The molecule has 4 aromatic rings. The molecule has 9 heteroatoms. The van der Waals surface area contributed by atoms with Crippen LogP contribution in [0.2, 0.25) is 0 Å². The van der Waals surface area contributed by atoms with Crippen molar-refractivity contribution in [2.75, 3.05) is 31.5 Å². The van der Waals surface area contributed by atoms with E-state index >= 15 is 0 Å². The number of hydrogen-bond acceptors (Lipinski definition) is 6. The Hall–Kier alpha value is -4.79. The Morgan fingerprint density at radius 1 is 0.810 bits per heavy atom. The second kappa shape index (κ2) is 10.9. The van der Waals surface area contributed by atoms with Gasteiger partial charge in [-0.25, -0.2) is 15.0 Å². The first kappa shape index (κ1) is 26.1. The standard InChI is InChI=1S/C33H33N7O2/c41-31(27-13-6-12-26(35-27)30-37-24-10-4-5-11-25(24)38-30)39-19-16-33(17-20-39)18-21-40(22-33)32(42)28-14-7-15-29(36-28)34-23-8-2-1-3-9-23/h1-2,4-8,10-15H,3,9,16-22H2,(H,34,36)(H,37,38). The Balaban J connectivity index is 0.979. The molecule has 2 aliphatic heterocycles. The van der Waals surface area contributed by atoms with Gasteiger partial charge in [0.1, 0.15) is 22.9 Å². The monoisotopic (exact) mass is 559 g/mol. The lowest BCUT2D eigenvalue weighted by molar-refractivity contribution is 0.0560. The van der Waals surface area contributed by atoms with Gasteiger partial charge in [0.05, 0.1) is 11.0 Å². The molecule has 0 saturated carbocycles. The fourth-order valence-corrected chi connectivity index (χ4v) is 6.28. The van der Waals surface area contributed by atoms with Crippen molar-refractivity contribution in [3.8, 4) is 11.5 Å². The van der Waals surface area contributed by atoms with E-state index in [1.54, 1.807) is 12.1 Å². The Morgan fingerprint density at radius 2 is 1.55 bits per heavy atom. The van der Waals surface area contributed by atoms with Crippen LogP contribution in [0.15, 0.2) is 84.6 Å². The van der Waals surface area contributed by atoms with Crippen LogP contribution >= 0.6 is 0 Å². The minimum Gasteiger partial charge on any atom is -0.344 e. The van der Waals surface area contributed by atoms with E-state index in [-0.39, 0.29) is 17.2 Å². The van der Waals surface area contributed by atoms with Gasteiger partial charge in [0, 0.05) is 31.9 Å². The fraction of sp³-hybridized carbons (Fsp3) is 0.303. The third-order valence-corrected chi connectivity index (χ3v) is 8.71. The Labute approximate surface area is 244 Å². The van der Waals surface area contributed by atoms with Crippen molar-refractivity contribution in [3.63, 3.8) is 0 Å². The van der Waals surface area contributed by atoms with Gasteiger partial charge >= 0.3 is 0 Å². The first-order valence-corrected chi connectivity index (χ1v) is 14.7. The molecule has 0 atom stereocenters. The smallest absolute Gasteiger partial charge is 0.272 e. The van der Waals surface area contributed by atoms with Crippen molar-refractivity contribution in [3.05, 3.63) is 96.0 Å². The lowest BCUT2D eigenvalue weighted by atomic mass is 9.77. The molecule has 2 N–H and O–H groups in total. The van der Waals surface area contributed by atoms with Crippen LogP contribution in [0.25, 0.3) is 22.6 Å². The summed E-state index contributed by atoms with van der Waals surface area (Å²) in [7, 11) is 0. The fourth-order valence-electron chi connectivity index (χ4n) is 6.28. The van der Waals surface area contributed by atoms with E-state index in [1.165, 1.54) is 0 Å². The number of pyridine rings is 2. The highest BCUT2D eigenvalue weighted by atomic mass is 16.2. The van der Waals surface area contributed by atoms with Gasteiger partial charge in [0.2, 0.25) is 0 Å². The van der Waals surface area contributed by atoms with Crippen molar-refractivity contribution < 1.29 is 9.59 Å². The summed E-state index contributed by atoms with van der Waals surface area (Å²) >= 11 is 0. The number of nitrogens with one attached hydrogen (secondary N) is 2. The quantitative estimate of drug-likeness (QED) is 0.338. The highest BCUT2D eigenvalue weighted by Gasteiger charge is 2.43. The maximum Gasteiger partial charge on any atom is 0.272 e. The molecule has 1 aromatic carbocycles. The molecular formula is C33H33N7O2. The second-order valence-electron chi connectivity index (χ2n) is 11.5. The number of piperidine rings is 1. The van der Waals surface area contributed by atoms with Crippen LogP contribution in [0.5, 0.6) is 0 Å². The molecule has 2 fully saturated rings. The van der Waals surface area contributed by atoms with Crippen molar-refractivity contribution >= 4 is 28.7 Å². The number of carbonyl (C=O) groups is 2. The van der Waals surface area contributed by atoms with Crippen LogP contribution < -0.4 is 5.32 Å². The SMILES string of the molecule is O=C(c1cccc(NC2=CC=CCC2)n1)N1CCC2(CCN(C(=O)c3cccc(-c4nc5ccccc5[nH]4)n3)CC2)C1. The van der Waals surface area contributed by atoms with Gasteiger partial charge in [0.25, 0.3) is 11.8 Å². The Bertz CT molecular complexity index is 1680. The summed E-state index contributed by atoms with van der Waals surface area (Å²) in [5.41, 5.74) is 4.48. The van der Waals surface area contributed by atoms with Gasteiger partial charge in [-0.2, -0.15) is 0 Å². The minimum atomic E-state index is -0.0640. The molecule has 212 valence electrons. The zero-order valence-electron chi connectivity index (χ0n) is 23.4. The third kappa shape index (κ3) is 5.18. The predicted octanol–water partition coefficient (Wildman–Crippen LogP) is 5.43. The van der Waals surface area contributed by atoms with E-state index in [2.05, 4.69) is 37.4 Å². The molecule has 2 saturated heterocycles. The topological polar surface area (TPSA) is 107 Å². The molecule has 9 nitrogen and oxygen atoms in total. The number of rotatable bonds is 5. The number of nitrogens with zero attached hydrogens (tertiary/aromatic N) is 5. The maximum atomic E-state index is 13.4. The van der Waals surface area contributed by atoms with Crippen LogP contribution in [0.1, 0.15) is 53.1 Å². The molecule has 0 radical (unpaired) electrons. The first-order chi connectivity index (χ1) is 20.6. The molecule has 3 aliphatic rings. The summed E-state index contributed by atoms with van der Waals surface area (Å²) in [6, 6.07) is 18.9. The number of benzene rings is 1. The van der Waals surface area contributed by atoms with Crippen molar-refractivity contribution in [2.24, 2.45) is 5.41 Å². The number of hydrogen-bond donors (Lipinski definition) is 2. The minimum absolute atomic E-state index is 0.0295. The number of H-pyrrole nitrogens is 1. The van der Waals surface area contributed by atoms with Crippen LogP contribution in [0.4, 0.5) is 5.82 Å². The van der Waals surface area contributed by atoms with Gasteiger partial charge in [0.15, 0.2) is 5.82 Å². The Kier molecular flexibility index (Phi) is 6.77. The van der Waals surface area contributed by atoms with E-state index in [9.17, 15) is 9.59 Å². The predicted molar refractivity (Wildman–Crippen MR) is 162 cm³/mol. The maximum absolute atomic E-state index is 13.4. The van der Waals surface area contributed by atoms with Crippen molar-refractivity contribution in [1.29, 1.82) is 0 Å². The molecule has 0 unspecified atom stereocenters. The molecule has 1 aliphatic carbocycles. The number of likely N-dealkylation sites (tertiary alicyclic amines) is 2. The number of allylic oxidation sites excluding steroid dienone is 4. The van der Waals surface area contributed by atoms with Crippen molar-refractivity contribution in [1.82, 2.24) is 29.7 Å². The number of para-hydroxylation sites is 2. The van der Waals surface area contributed by atoms with E-state index in [0.29, 0.717) is 54.9 Å². The molecule has 0 bridgehead atoms. The average molecular weight is 560 g/mol. The molecule has 3 aromatic heterocycles. The van der Waals surface area contributed by atoms with Gasteiger partial charge in [-0.15, -0.1) is 0 Å². The zero-order chi connectivity index (χ0) is 28.5. The molecule has 1 spiro atoms. The van der Waals surface area contributed by atoms with E-state index in [1.807, 2.05) is 64.4 Å². The summed E-state index contributed by atoms with van der Waals surface area (Å²) in [6.07, 6.45) is 10.8. The van der Waals surface area contributed by atoms with Crippen LogP contribution in [0.3, 0.4) is 0 Å². The summed E-state index contributed by atoms with van der Waals surface area (Å²) in [5.74, 6) is 1.25. The molecule has 42 heavy (non-hydrogen) atoms. The van der Waals surface area contributed by atoms with Crippen LogP contribution in [-0.4, -0.2) is 67.7 Å². The van der Waals surface area contributed by atoms with Gasteiger partial charge in [-0.1, -0.05) is 36.4 Å². The summed E-state index contributed by atoms with van der Waals surface area (Å²) in [4.78, 5) is 47.9. The summed E-state index contributed by atoms with van der Waals surface area (Å²) < 4.78 is 0. The highest BCUT2D eigenvalue weighted by Crippen LogP contribution is 2.41. The van der Waals surface area contributed by atoms with E-state index < -0.39 is 0 Å². The Morgan fingerprint density at radius 3 is 2.33 bits per heavy atom. The van der Waals surface area contributed by atoms with Gasteiger partial charge < -0.3 is 20.1 Å².